The molecular formula is C86H123CoCuN20O22PS. The normalized spacial score (nSPS) is 28.9. The second-order valence-electron chi connectivity index (χ2n) is 36.3. The molecule has 46 heteroatoms. The molecule has 2 unspecified atom stereocenters. The molecule has 0 saturated carbocycles. The number of hydroxylamine groups is 1. The first-order chi connectivity index (χ1) is 60.9. The second kappa shape index (κ2) is 45.4. The zero-order valence-electron chi connectivity index (χ0n) is 75.7. The number of rotatable bonds is 39. The minimum Gasteiger partial charge on any atom is -0.756 e. The number of hydrogen-bond donors (Lipinski definition) is 16. The second-order valence-corrected chi connectivity index (χ2v) is 38.0. The third-order valence-corrected chi connectivity index (χ3v) is 28.3. The van der Waals surface area contributed by atoms with Crippen molar-refractivity contribution in [3.05, 3.63) is 94.0 Å². The molecule has 0 spiro atoms. The minimum absolute atomic E-state index is 0. The quantitative estimate of drug-likeness (QED) is 0.0148. The molecule has 730 valence electrons. The summed E-state index contributed by atoms with van der Waals surface area (Å²) in [4.78, 5) is 187. The van der Waals surface area contributed by atoms with E-state index in [0.29, 0.717) is 68.9 Å². The number of primary amides is 6. The van der Waals surface area contributed by atoms with Gasteiger partial charge in [-0.25, -0.2) is 4.79 Å². The van der Waals surface area contributed by atoms with Crippen molar-refractivity contribution in [1.82, 2.24) is 36.0 Å². The molecule has 42 nitrogen and oxygen atoms in total. The van der Waals surface area contributed by atoms with Gasteiger partial charge in [0, 0.05) is 206 Å². The molecule has 8 bridgehead atoms. The molecule has 8 aliphatic rings. The van der Waals surface area contributed by atoms with E-state index in [1.807, 2.05) is 66.7 Å². The number of anilines is 3. The van der Waals surface area contributed by atoms with Gasteiger partial charge in [-0.05, 0) is 144 Å². The molecule has 2 radical (unpaired) electrons. The molecule has 0 aliphatic carbocycles. The maximum atomic E-state index is 14.6. The molecule has 10 rings (SSSR count). The summed E-state index contributed by atoms with van der Waals surface area (Å²) in [6, 6.07) is 9.09. The van der Waals surface area contributed by atoms with Gasteiger partial charge in [0.15, 0.2) is 11.3 Å². The van der Waals surface area contributed by atoms with E-state index in [1.165, 1.54) is 16.9 Å². The number of allylic oxidation sites excluding steroid dienone is 6. The first kappa shape index (κ1) is 109. The molecule has 2 aromatic carbocycles. The number of nitrogens with two attached hydrogens (primary N) is 6. The maximum Gasteiger partial charge on any atom is 2.00 e. The maximum absolute atomic E-state index is 14.6. The van der Waals surface area contributed by atoms with Crippen molar-refractivity contribution in [3.8, 4) is 0 Å². The van der Waals surface area contributed by atoms with Crippen LogP contribution in [0.25, 0.3) is 0 Å². The van der Waals surface area contributed by atoms with Crippen LogP contribution in [-0.2, 0) is 111 Å². The minimum atomic E-state index is -5.52. The number of nitrogens with one attached hydrogen (secondary N) is 5. The van der Waals surface area contributed by atoms with Gasteiger partial charge in [-0.15, -0.1) is 0 Å². The topological polar surface area (TPSA) is 659 Å². The molecule has 3 fully saturated rings. The molecule has 2 aromatic rings. The van der Waals surface area contributed by atoms with Gasteiger partial charge in [0.1, 0.15) is 30.7 Å². The van der Waals surface area contributed by atoms with Crippen LogP contribution in [0.3, 0.4) is 0 Å². The number of carbonyl (C=O) groups is 11. The fourth-order valence-corrected chi connectivity index (χ4v) is 21.4. The third-order valence-electron chi connectivity index (χ3n) is 26.9. The number of aryl methyl sites for hydroxylation is 2. The summed E-state index contributed by atoms with van der Waals surface area (Å²) in [6.07, 6.45) is -8.00. The van der Waals surface area contributed by atoms with Crippen LogP contribution in [0.15, 0.2) is 85.7 Å². The molecule has 0 aromatic heterocycles. The Hall–Kier alpha value is -9.88. The number of nitrogens with zero attached hydrogens (tertiary/aromatic N) is 9. The van der Waals surface area contributed by atoms with Gasteiger partial charge in [0.25, 0.3) is 7.82 Å². The van der Waals surface area contributed by atoms with Gasteiger partial charge in [-0.1, -0.05) is 46.8 Å². The summed E-state index contributed by atoms with van der Waals surface area (Å²) < 4.78 is 31.3. The van der Waals surface area contributed by atoms with Crippen LogP contribution in [-0.4, -0.2) is 261 Å². The number of carbonyl (C=O) groups excluding carboxylic acids is 8. The summed E-state index contributed by atoms with van der Waals surface area (Å²) in [6.45, 7) is 23.3. The number of aliphatic carboxylic acids is 3. The first-order valence-electron chi connectivity index (χ1n) is 43.0. The molecule has 22 N–H and O–H groups in total. The SMILES string of the molecule is C/C1=C2N=C(/C=C3\N/C(=C(/C)C4=N[C@@](C)([C@@H]5N=C1[C@](C)(CCC(=O)NC[C@@H](C)OP(=O)([O-])O[C@H]1[C@@H](O)[C@@H](N6CN(OC(=O)NCCNC(=S)Nc7ccc(CC8CN(CC(=O)O)CCN(CC(=O)O)CCN8CC(=O)O)cc7)c7cc(C)c(C)cc76)O[C@@H]1CO)[C@H]5CC(N)=O)[C@@](C)(CC(N)=O)[C@@H]4CCC(N)=O)[C@@](C)(CC(N)=O)[C@@H]3CCC(N)=O)C(C)(C)[C@@H]/2CCC(N)=O.[64Cu].[C-]#N.[Co+2]. The molecular weight excluding hydrogens is 1850 g/mol. The van der Waals surface area contributed by atoms with E-state index in [1.54, 1.807) is 59.7 Å². The molecule has 8 amide bonds. The van der Waals surface area contributed by atoms with E-state index in [0.717, 1.165) is 16.7 Å². The number of fused-ring (bicyclic) bond motifs is 7. The van der Waals surface area contributed by atoms with Gasteiger partial charge in [-0.2, -0.15) is 5.06 Å². The smallest absolute Gasteiger partial charge is 0.756 e. The van der Waals surface area contributed by atoms with Crippen molar-refractivity contribution >= 4 is 125 Å². The standard InChI is InChI=1S/C85H124N19O22PS.CN.Co.Cu/c1-44-30-57-58(31-45(44)2)104(124-80(120)93-25-24-92-79(128)95-50-14-12-49(13-15-50)32-51-38-101(40-69(115)116)27-26-100(39-68(113)114)28-29-102(51)41-70(117)118)43-103(57)78-73(119)74(59(42-105)123-78)126-127(121,122)125-46(3)37-94-67(112)22-23-82(8)55(33-64(89)109)77-85(11)84(10,36-66(91)111)54(18-21-63(88)108)72(99-85)48(5)76-83(9,35-65(90)110)52(16-19-61(86)106)56(96-76)34-60-81(6,7)53(17-20-62(87)107)71(97-60)47(4)75(82)98-77;1-2;;/h12-15,30-31,34,46,51-55,59,73-74,77-78,96,105,119H,16-29,32-33,35-43H2,1-11H3,(H2,86,106)(H2,87,107)(H2,88,108)(H2,89,109)(H2,90,110)(H2,91,111)(H,93,120)(H,94,112)(H,113,114)(H,115,116)(H,117,118)(H,121,122)(H2,92,95,128);;;/q;-1;+2;/p-1/b56-34-,71-47-,76-48-;;;/t46-,51?,52-,53-,54-,55+,59-,73-,74-,77-,78+,82-,83+,84+,85+;;;/m1.../s1/i;;;1+0. The van der Waals surface area contributed by atoms with E-state index in [4.69, 9.17) is 92.1 Å². The number of thiocarbonyl (C=S) groups is 1. The molecule has 132 heavy (non-hydrogen) atoms. The van der Waals surface area contributed by atoms with Crippen LogP contribution in [0, 0.1) is 71.0 Å². The Morgan fingerprint density at radius 2 is 1.30 bits per heavy atom. The van der Waals surface area contributed by atoms with Crippen LogP contribution in [0.1, 0.15) is 150 Å². The Morgan fingerprint density at radius 1 is 0.735 bits per heavy atom. The van der Waals surface area contributed by atoms with Gasteiger partial charge in [0.2, 0.25) is 41.4 Å². The van der Waals surface area contributed by atoms with Crippen molar-refractivity contribution in [2.24, 2.45) is 94.7 Å². The number of carboxylic acids is 3. The number of aliphatic imine (C=N–C) groups is 3. The largest absolute Gasteiger partial charge is 2.00 e. The molecule has 8 heterocycles. The zero-order valence-corrected chi connectivity index (χ0v) is 79.4. The van der Waals surface area contributed by atoms with E-state index < -0.39 is 180 Å². The number of phosphoric acid groups is 1. The van der Waals surface area contributed by atoms with Gasteiger partial charge in [0.05, 0.1) is 49.6 Å². The monoisotopic (exact) mass is 1970 g/mol. The summed E-state index contributed by atoms with van der Waals surface area (Å²) in [5, 5.41) is 74.6. The average Bonchev–Trinajstić information content (AvgIpc) is 1.52. The van der Waals surface area contributed by atoms with Crippen LogP contribution < -0.4 is 75.8 Å². The van der Waals surface area contributed by atoms with Crippen LogP contribution in [0.5, 0.6) is 0 Å². The number of amides is 8. The van der Waals surface area contributed by atoms with Crippen LogP contribution in [0.4, 0.5) is 21.9 Å². The summed E-state index contributed by atoms with van der Waals surface area (Å²) in [5.41, 5.74) is 37.5. The van der Waals surface area contributed by atoms with Crippen LogP contribution >= 0.6 is 20.0 Å². The number of ether oxygens (including phenoxy) is 1. The molecule has 8 aliphatic heterocycles. The predicted octanol–water partition coefficient (Wildman–Crippen LogP) is 1.40. The summed E-state index contributed by atoms with van der Waals surface area (Å²) in [7, 11) is -5.52. The Labute approximate surface area is 792 Å². The van der Waals surface area contributed by atoms with Crippen molar-refractivity contribution in [3.63, 3.8) is 0 Å². The van der Waals surface area contributed by atoms with E-state index in [-0.39, 0.29) is 182 Å². The molecule has 3 saturated heterocycles. The Balaban J connectivity index is 0.00000591. The predicted molar refractivity (Wildman–Crippen MR) is 478 cm³/mol. The Bertz CT molecular complexity index is 4980. The van der Waals surface area contributed by atoms with Crippen molar-refractivity contribution in [2.75, 3.05) is 101 Å². The van der Waals surface area contributed by atoms with Crippen molar-refractivity contribution in [2.45, 2.75) is 201 Å². The summed E-state index contributed by atoms with van der Waals surface area (Å²) in [5.74, 6) is -10.9. The van der Waals surface area contributed by atoms with E-state index in [9.17, 15) is 87.7 Å². The van der Waals surface area contributed by atoms with E-state index in [2.05, 4.69) is 26.6 Å². The fourth-order valence-electron chi connectivity index (χ4n) is 20.0. The number of aliphatic hydroxyl groups excluding tert-OH is 2. The Morgan fingerprint density at radius 3 is 1.89 bits per heavy atom. The summed E-state index contributed by atoms with van der Waals surface area (Å²) >= 11 is 5.55. The van der Waals surface area contributed by atoms with Gasteiger partial charge >= 0.3 is 40.8 Å². The van der Waals surface area contributed by atoms with Crippen molar-refractivity contribution in [1.29, 1.82) is 5.26 Å². The van der Waals surface area contributed by atoms with E-state index >= 15 is 0 Å². The number of carboxylic acid groups (broad SMARTS) is 3. The number of hydrogen-bond acceptors (Lipinski definition) is 30. The first-order valence-corrected chi connectivity index (χ1v) is 44.9. The third kappa shape index (κ3) is 25.4. The molecule has 16 atom stereocenters. The number of aliphatic hydroxyl groups is 2. The average molecular weight is 1970 g/mol. The number of benzene rings is 2. The van der Waals surface area contributed by atoms with Crippen LogP contribution in [0.2, 0.25) is 0 Å². The number of phosphoric ester groups is 1. The van der Waals surface area contributed by atoms with Gasteiger partial charge in [-0.3, -0.25) is 82.2 Å². The zero-order chi connectivity index (χ0) is 96.4. The van der Waals surface area contributed by atoms with Gasteiger partial charge < -0.3 is 127 Å². The van der Waals surface area contributed by atoms with Crippen molar-refractivity contribution < 1.29 is 140 Å². The fraction of sp³-hybridized carbons (Fsp3) is 0.605. The Kier molecular flexibility index (Phi) is 37.6.